The van der Waals surface area contributed by atoms with Crippen LogP contribution < -0.4 is 9.46 Å². The first-order valence-electron chi connectivity index (χ1n) is 11.8. The fourth-order valence-corrected chi connectivity index (χ4v) is 10.5. The van der Waals surface area contributed by atoms with Crippen molar-refractivity contribution in [2.75, 3.05) is 6.61 Å². The first-order valence-corrected chi connectivity index (χ1v) is 14.8. The molecule has 1 aliphatic carbocycles. The highest BCUT2D eigenvalue weighted by atomic mass is 32.2. The van der Waals surface area contributed by atoms with E-state index in [9.17, 15) is 34.4 Å². The standard InChI is InChI=1S/C24H24F5NO5S2.CH4/c1-2-14-11-16-17-12-35-22-19(26)8-7-18(25)21(22)23(17,10-9-20(16)30-37(14,33)34)36(31,32)15-5-3-13(4-6-15)24(27,28)29;/h3-8,14,16-17,20,30H,2,9-12H2,1H3;1H4/t14-,16+,17+,20-,23+;/m0./s1. The molecule has 0 unspecified atom stereocenters. The molecule has 2 heterocycles. The number of rotatable bonds is 3. The Labute approximate surface area is 218 Å². The lowest BCUT2D eigenvalue weighted by Crippen LogP contribution is -2.63. The van der Waals surface area contributed by atoms with Gasteiger partial charge in [-0.2, -0.15) is 13.2 Å². The van der Waals surface area contributed by atoms with E-state index >= 15 is 4.39 Å². The van der Waals surface area contributed by atoms with E-state index in [2.05, 4.69) is 4.72 Å². The maximum atomic E-state index is 15.5. The second-order valence-corrected chi connectivity index (χ2v) is 14.0. The van der Waals surface area contributed by atoms with Gasteiger partial charge in [0, 0.05) is 12.0 Å². The Hall–Kier alpha value is -2.25. The lowest BCUT2D eigenvalue weighted by molar-refractivity contribution is -0.137. The average Bonchev–Trinajstić information content (AvgIpc) is 2.84. The molecule has 38 heavy (non-hydrogen) atoms. The predicted octanol–water partition coefficient (Wildman–Crippen LogP) is 5.18. The molecule has 1 N–H and O–H groups in total. The van der Waals surface area contributed by atoms with Crippen LogP contribution in [-0.2, 0) is 30.8 Å². The number of sulfonamides is 1. The van der Waals surface area contributed by atoms with Gasteiger partial charge in [0.2, 0.25) is 10.0 Å². The molecule has 5 rings (SSSR count). The van der Waals surface area contributed by atoms with E-state index in [4.69, 9.17) is 4.74 Å². The molecule has 0 bridgehead atoms. The Morgan fingerprint density at radius 2 is 1.71 bits per heavy atom. The van der Waals surface area contributed by atoms with E-state index in [0.29, 0.717) is 12.1 Å². The SMILES string of the molecule is C.CC[C@H]1C[C@H]2[C@H](CC[C@]3(S(=O)(=O)c4ccc(C(F)(F)F)cc4)c4c(F)ccc(F)c4OC[C@H]23)NS1(=O)=O. The van der Waals surface area contributed by atoms with E-state index in [1.54, 1.807) is 6.92 Å². The Morgan fingerprint density at radius 3 is 2.32 bits per heavy atom. The molecule has 3 aliphatic rings. The third-order valence-corrected chi connectivity index (χ3v) is 12.7. The quantitative estimate of drug-likeness (QED) is 0.505. The molecule has 2 aromatic rings. The summed E-state index contributed by atoms with van der Waals surface area (Å²) in [6.07, 6.45) is -4.63. The third kappa shape index (κ3) is 4.12. The maximum absolute atomic E-state index is 15.5. The lowest BCUT2D eigenvalue weighted by atomic mass is 9.64. The lowest BCUT2D eigenvalue weighted by Gasteiger charge is -2.54. The summed E-state index contributed by atoms with van der Waals surface area (Å²) in [5.41, 5.74) is -1.55. The van der Waals surface area contributed by atoms with Crippen LogP contribution in [0.25, 0.3) is 0 Å². The molecule has 0 aromatic heterocycles. The van der Waals surface area contributed by atoms with Crippen LogP contribution in [0.1, 0.15) is 51.2 Å². The molecule has 5 atom stereocenters. The van der Waals surface area contributed by atoms with Crippen molar-refractivity contribution in [2.45, 2.75) is 67.1 Å². The van der Waals surface area contributed by atoms with Crippen molar-refractivity contribution >= 4 is 19.9 Å². The number of hydrogen-bond donors (Lipinski definition) is 1. The third-order valence-electron chi connectivity index (χ3n) is 8.06. The van der Waals surface area contributed by atoms with Crippen LogP contribution in [0, 0.1) is 23.5 Å². The van der Waals surface area contributed by atoms with Crippen molar-refractivity contribution in [2.24, 2.45) is 11.8 Å². The fourth-order valence-electron chi connectivity index (χ4n) is 6.31. The summed E-state index contributed by atoms with van der Waals surface area (Å²) in [6, 6.07) is 3.88. The molecule has 2 fully saturated rings. The number of ether oxygens (including phenoxy) is 1. The fraction of sp³-hybridized carbons (Fsp3) is 0.520. The number of fused-ring (bicyclic) bond motifs is 5. The van der Waals surface area contributed by atoms with Crippen molar-refractivity contribution in [1.29, 1.82) is 0 Å². The Balaban J connectivity index is 0.00000336. The number of alkyl halides is 3. The highest BCUT2D eigenvalue weighted by molar-refractivity contribution is 7.92. The second kappa shape index (κ2) is 9.44. The Morgan fingerprint density at radius 1 is 1.08 bits per heavy atom. The minimum Gasteiger partial charge on any atom is -0.490 e. The molecule has 210 valence electrons. The van der Waals surface area contributed by atoms with E-state index in [0.717, 1.165) is 24.3 Å². The van der Waals surface area contributed by atoms with Gasteiger partial charge in [-0.05, 0) is 68.0 Å². The molecule has 0 spiro atoms. The van der Waals surface area contributed by atoms with Gasteiger partial charge in [-0.3, -0.25) is 0 Å². The van der Waals surface area contributed by atoms with Crippen molar-refractivity contribution < 1.29 is 43.5 Å². The normalized spacial score (nSPS) is 30.2. The summed E-state index contributed by atoms with van der Waals surface area (Å²) < 4.78 is 130. The monoisotopic (exact) mass is 581 g/mol. The largest absolute Gasteiger partial charge is 0.490 e. The molecular weight excluding hydrogens is 553 g/mol. The first-order chi connectivity index (χ1) is 17.2. The van der Waals surface area contributed by atoms with Gasteiger partial charge in [0.25, 0.3) is 0 Å². The van der Waals surface area contributed by atoms with Crippen molar-refractivity contribution in [3.8, 4) is 5.75 Å². The molecule has 6 nitrogen and oxygen atoms in total. The molecule has 0 radical (unpaired) electrons. The predicted molar refractivity (Wildman–Crippen MR) is 130 cm³/mol. The number of nitrogens with one attached hydrogen (secondary N) is 1. The van der Waals surface area contributed by atoms with Crippen molar-refractivity contribution in [3.05, 3.63) is 59.2 Å². The molecule has 1 saturated heterocycles. The van der Waals surface area contributed by atoms with Gasteiger partial charge in [-0.25, -0.2) is 30.3 Å². The van der Waals surface area contributed by atoms with E-state index in [1.165, 1.54) is 0 Å². The average molecular weight is 582 g/mol. The number of benzene rings is 2. The van der Waals surface area contributed by atoms with Crippen molar-refractivity contribution in [3.63, 3.8) is 0 Å². The zero-order chi connectivity index (χ0) is 27.0. The smallest absolute Gasteiger partial charge is 0.416 e. The van der Waals surface area contributed by atoms with Crippen LogP contribution >= 0.6 is 0 Å². The number of sulfone groups is 1. The van der Waals surface area contributed by atoms with Gasteiger partial charge in [-0.1, -0.05) is 14.4 Å². The molecule has 13 heteroatoms. The summed E-state index contributed by atoms with van der Waals surface area (Å²) in [4.78, 5) is -0.469. The van der Waals surface area contributed by atoms with Gasteiger partial charge in [0.15, 0.2) is 21.4 Å². The topological polar surface area (TPSA) is 89.5 Å². The van der Waals surface area contributed by atoms with E-state index < -0.39 is 87.3 Å². The van der Waals surface area contributed by atoms with Gasteiger partial charge in [0.05, 0.1) is 27.9 Å². The molecule has 1 saturated carbocycles. The molecule has 2 aliphatic heterocycles. The van der Waals surface area contributed by atoms with E-state index in [-0.39, 0.29) is 39.7 Å². The number of halogens is 5. The van der Waals surface area contributed by atoms with Gasteiger partial charge in [0.1, 0.15) is 10.6 Å². The minimum absolute atomic E-state index is 0. The summed E-state index contributed by atoms with van der Waals surface area (Å²) in [6.45, 7) is 1.35. The van der Waals surface area contributed by atoms with Crippen LogP contribution in [0.3, 0.4) is 0 Å². The molecule has 2 aromatic carbocycles. The highest BCUT2D eigenvalue weighted by Crippen LogP contribution is 2.59. The van der Waals surface area contributed by atoms with Crippen LogP contribution in [0.5, 0.6) is 5.75 Å². The first kappa shape index (κ1) is 28.8. The van der Waals surface area contributed by atoms with E-state index in [1.807, 2.05) is 0 Å². The minimum atomic E-state index is -4.70. The van der Waals surface area contributed by atoms with Crippen LogP contribution in [-0.4, -0.2) is 34.7 Å². The summed E-state index contributed by atoms with van der Waals surface area (Å²) in [5, 5.41) is -0.822. The second-order valence-electron chi connectivity index (χ2n) is 9.80. The summed E-state index contributed by atoms with van der Waals surface area (Å²) in [7, 11) is -8.30. The zero-order valence-electron chi connectivity index (χ0n) is 19.6. The van der Waals surface area contributed by atoms with Crippen molar-refractivity contribution in [1.82, 2.24) is 4.72 Å². The zero-order valence-corrected chi connectivity index (χ0v) is 21.2. The molecular formula is C25H28F5NO5S2. The Bertz CT molecular complexity index is 1440. The molecule has 0 amide bonds. The Kier molecular flexibility index (Phi) is 7.14. The van der Waals surface area contributed by atoms with Gasteiger partial charge >= 0.3 is 6.18 Å². The van der Waals surface area contributed by atoms with Crippen LogP contribution in [0.15, 0.2) is 41.3 Å². The van der Waals surface area contributed by atoms with Gasteiger partial charge < -0.3 is 4.74 Å². The van der Waals surface area contributed by atoms with Gasteiger partial charge in [-0.15, -0.1) is 0 Å². The summed E-state index contributed by atoms with van der Waals surface area (Å²) >= 11 is 0. The number of hydrogen-bond acceptors (Lipinski definition) is 5. The maximum Gasteiger partial charge on any atom is 0.416 e. The highest BCUT2D eigenvalue weighted by Gasteiger charge is 2.64. The van der Waals surface area contributed by atoms with Crippen LogP contribution in [0.2, 0.25) is 0 Å². The van der Waals surface area contributed by atoms with Crippen LogP contribution in [0.4, 0.5) is 22.0 Å². The summed E-state index contributed by atoms with van der Waals surface area (Å²) in [5.74, 6) is -4.11.